The van der Waals surface area contributed by atoms with Crippen LogP contribution in [0.4, 0.5) is 0 Å². The number of rotatable bonds is 5. The molecular weight excluding hydrogens is 377 g/mol. The molecule has 1 fully saturated rings. The third kappa shape index (κ3) is 4.35. The van der Waals surface area contributed by atoms with Crippen LogP contribution in [0.3, 0.4) is 0 Å². The lowest BCUT2D eigenvalue weighted by Crippen LogP contribution is -2.34. The van der Waals surface area contributed by atoms with Crippen LogP contribution in [0.15, 0.2) is 24.3 Å². The standard InChI is InChI=1S/C17H22ClN5O2.ClH/c1-10(2)16-21-15(17(25)20-8-11-7-19-9-14(11)24)22-23(16)13-6-4-3-5-12(13)18;/h3-6,10-11,14,19,24H,7-9H2,1-2H3,(H,20,25);1H. The van der Waals surface area contributed by atoms with E-state index in [0.29, 0.717) is 36.2 Å². The van der Waals surface area contributed by atoms with E-state index in [0.717, 1.165) is 0 Å². The fourth-order valence-electron chi connectivity index (χ4n) is 2.83. The lowest BCUT2D eigenvalue weighted by Gasteiger charge is -2.12. The first-order valence-electron chi connectivity index (χ1n) is 8.36. The fourth-order valence-corrected chi connectivity index (χ4v) is 3.04. The van der Waals surface area contributed by atoms with E-state index in [-0.39, 0.29) is 36.0 Å². The van der Waals surface area contributed by atoms with Crippen LogP contribution < -0.4 is 10.6 Å². The zero-order valence-electron chi connectivity index (χ0n) is 14.6. The van der Waals surface area contributed by atoms with Crippen LogP contribution >= 0.6 is 24.0 Å². The van der Waals surface area contributed by atoms with Gasteiger partial charge in [0.2, 0.25) is 5.82 Å². The van der Waals surface area contributed by atoms with Crippen molar-refractivity contribution in [2.75, 3.05) is 19.6 Å². The molecule has 1 saturated heterocycles. The van der Waals surface area contributed by atoms with Crippen molar-refractivity contribution in [3.05, 3.63) is 40.9 Å². The first-order valence-corrected chi connectivity index (χ1v) is 8.74. The molecule has 1 amide bonds. The number of nitrogens with zero attached hydrogens (tertiary/aromatic N) is 3. The van der Waals surface area contributed by atoms with Gasteiger partial charge in [-0.15, -0.1) is 17.5 Å². The second-order valence-electron chi connectivity index (χ2n) is 6.51. The highest BCUT2D eigenvalue weighted by Gasteiger charge is 2.26. The quantitative estimate of drug-likeness (QED) is 0.712. The first-order chi connectivity index (χ1) is 12.0. The minimum Gasteiger partial charge on any atom is -0.391 e. The van der Waals surface area contributed by atoms with Crippen molar-refractivity contribution in [2.24, 2.45) is 5.92 Å². The van der Waals surface area contributed by atoms with Gasteiger partial charge in [0, 0.05) is 31.5 Å². The van der Waals surface area contributed by atoms with E-state index in [4.69, 9.17) is 11.6 Å². The number of hydrogen-bond acceptors (Lipinski definition) is 5. The van der Waals surface area contributed by atoms with Gasteiger partial charge >= 0.3 is 0 Å². The number of hydrogen-bond donors (Lipinski definition) is 3. The lowest BCUT2D eigenvalue weighted by atomic mass is 10.1. The topological polar surface area (TPSA) is 92.1 Å². The molecule has 1 aromatic heterocycles. The zero-order valence-corrected chi connectivity index (χ0v) is 16.2. The summed E-state index contributed by atoms with van der Waals surface area (Å²) in [7, 11) is 0. The predicted octanol–water partition coefficient (Wildman–Crippen LogP) is 1.78. The van der Waals surface area contributed by atoms with Crippen molar-refractivity contribution in [1.29, 1.82) is 0 Å². The van der Waals surface area contributed by atoms with Gasteiger partial charge < -0.3 is 15.7 Å². The van der Waals surface area contributed by atoms with Crippen LogP contribution in [0.25, 0.3) is 5.69 Å². The number of amides is 1. The van der Waals surface area contributed by atoms with Gasteiger partial charge in [0.05, 0.1) is 16.8 Å². The average molecular weight is 400 g/mol. The molecule has 0 bridgehead atoms. The van der Waals surface area contributed by atoms with E-state index >= 15 is 0 Å². The molecule has 1 aromatic carbocycles. The molecule has 2 atom stereocenters. The SMILES string of the molecule is CC(C)c1nc(C(=O)NCC2CNCC2O)nn1-c1ccccc1Cl.Cl. The molecule has 0 spiro atoms. The van der Waals surface area contributed by atoms with Crippen molar-refractivity contribution >= 4 is 29.9 Å². The molecule has 3 rings (SSSR count). The Balaban J connectivity index is 0.00000243. The summed E-state index contributed by atoms with van der Waals surface area (Å²) in [4.78, 5) is 16.8. The Labute approximate surface area is 163 Å². The maximum absolute atomic E-state index is 12.4. The van der Waals surface area contributed by atoms with E-state index in [9.17, 15) is 9.90 Å². The van der Waals surface area contributed by atoms with E-state index < -0.39 is 6.10 Å². The summed E-state index contributed by atoms with van der Waals surface area (Å²) in [5.74, 6) is 0.488. The van der Waals surface area contributed by atoms with Crippen LogP contribution in [0.1, 0.15) is 36.2 Å². The number of para-hydroxylation sites is 1. The number of nitrogens with one attached hydrogen (secondary N) is 2. The highest BCUT2D eigenvalue weighted by atomic mass is 35.5. The normalized spacial score (nSPS) is 19.4. The molecule has 1 aliphatic heterocycles. The molecule has 1 aliphatic rings. The van der Waals surface area contributed by atoms with Gasteiger partial charge in [-0.1, -0.05) is 37.6 Å². The molecule has 2 aromatic rings. The predicted molar refractivity (Wildman–Crippen MR) is 102 cm³/mol. The van der Waals surface area contributed by atoms with Gasteiger partial charge in [0.15, 0.2) is 0 Å². The van der Waals surface area contributed by atoms with Crippen LogP contribution in [-0.4, -0.2) is 51.5 Å². The van der Waals surface area contributed by atoms with Crippen molar-refractivity contribution in [1.82, 2.24) is 25.4 Å². The minimum absolute atomic E-state index is 0. The maximum Gasteiger partial charge on any atom is 0.290 e. The Hall–Kier alpha value is -1.67. The van der Waals surface area contributed by atoms with Crippen LogP contribution in [0.5, 0.6) is 0 Å². The average Bonchev–Trinajstić information content (AvgIpc) is 3.19. The Bertz CT molecular complexity index is 765. The minimum atomic E-state index is -0.444. The van der Waals surface area contributed by atoms with Crippen LogP contribution in [0, 0.1) is 5.92 Å². The van der Waals surface area contributed by atoms with Gasteiger partial charge in [-0.05, 0) is 12.1 Å². The Kier molecular flexibility index (Phi) is 7.00. The molecule has 2 unspecified atom stereocenters. The monoisotopic (exact) mass is 399 g/mol. The lowest BCUT2D eigenvalue weighted by molar-refractivity contribution is 0.0917. The number of carbonyl (C=O) groups excluding carboxylic acids is 1. The molecular formula is C17H23Cl2N5O2. The summed E-state index contributed by atoms with van der Waals surface area (Å²) in [6, 6.07) is 7.32. The molecule has 9 heteroatoms. The zero-order chi connectivity index (χ0) is 18.0. The second-order valence-corrected chi connectivity index (χ2v) is 6.91. The Morgan fingerprint density at radius 3 is 2.77 bits per heavy atom. The summed E-state index contributed by atoms with van der Waals surface area (Å²) >= 11 is 6.26. The highest BCUT2D eigenvalue weighted by Crippen LogP contribution is 2.23. The first kappa shape index (κ1) is 20.6. The Morgan fingerprint density at radius 1 is 1.42 bits per heavy atom. The van der Waals surface area contributed by atoms with E-state index in [1.54, 1.807) is 10.7 Å². The van der Waals surface area contributed by atoms with E-state index in [1.165, 1.54) is 0 Å². The summed E-state index contributed by atoms with van der Waals surface area (Å²) in [5, 5.41) is 20.6. The fraction of sp³-hybridized carbons (Fsp3) is 0.471. The van der Waals surface area contributed by atoms with Crippen LogP contribution in [-0.2, 0) is 0 Å². The van der Waals surface area contributed by atoms with Gasteiger partial charge in [0.25, 0.3) is 5.91 Å². The second kappa shape index (κ2) is 8.81. The third-order valence-electron chi connectivity index (χ3n) is 4.26. The van der Waals surface area contributed by atoms with Gasteiger partial charge in [-0.25, -0.2) is 9.67 Å². The number of halogens is 2. The van der Waals surface area contributed by atoms with Gasteiger partial charge in [-0.3, -0.25) is 4.79 Å². The molecule has 0 saturated carbocycles. The molecule has 142 valence electrons. The molecule has 0 aliphatic carbocycles. The van der Waals surface area contributed by atoms with Crippen LogP contribution in [0.2, 0.25) is 5.02 Å². The number of β-amino-alcohol motifs (C(OH)–C–C–N with tert-alkyl or cyclic N) is 1. The number of benzene rings is 1. The van der Waals surface area contributed by atoms with Crippen molar-refractivity contribution in [2.45, 2.75) is 25.9 Å². The maximum atomic E-state index is 12.4. The largest absolute Gasteiger partial charge is 0.391 e. The molecule has 7 nitrogen and oxygen atoms in total. The Morgan fingerprint density at radius 2 is 2.15 bits per heavy atom. The molecule has 26 heavy (non-hydrogen) atoms. The summed E-state index contributed by atoms with van der Waals surface area (Å²) in [6.45, 7) is 5.58. The van der Waals surface area contributed by atoms with Crippen molar-refractivity contribution in [3.8, 4) is 5.69 Å². The molecule has 3 N–H and O–H groups in total. The molecule has 0 radical (unpaired) electrons. The number of carbonyl (C=O) groups is 1. The van der Waals surface area contributed by atoms with E-state index in [2.05, 4.69) is 20.7 Å². The summed E-state index contributed by atoms with van der Waals surface area (Å²) in [6.07, 6.45) is -0.444. The smallest absolute Gasteiger partial charge is 0.290 e. The van der Waals surface area contributed by atoms with Crippen molar-refractivity contribution in [3.63, 3.8) is 0 Å². The van der Waals surface area contributed by atoms with Gasteiger partial charge in [-0.2, -0.15) is 0 Å². The number of aliphatic hydroxyl groups excluding tert-OH is 1. The highest BCUT2D eigenvalue weighted by molar-refractivity contribution is 6.32. The third-order valence-corrected chi connectivity index (χ3v) is 4.58. The number of aliphatic hydroxyl groups is 1. The summed E-state index contributed by atoms with van der Waals surface area (Å²) < 4.78 is 1.62. The summed E-state index contributed by atoms with van der Waals surface area (Å²) in [5.41, 5.74) is 0.690. The van der Waals surface area contributed by atoms with Gasteiger partial charge in [0.1, 0.15) is 5.82 Å². The molecule has 2 heterocycles. The van der Waals surface area contributed by atoms with E-state index in [1.807, 2.05) is 32.0 Å². The van der Waals surface area contributed by atoms with Crippen molar-refractivity contribution < 1.29 is 9.90 Å². The number of aromatic nitrogens is 3.